The second kappa shape index (κ2) is 5.78. The Kier molecular flexibility index (Phi) is 4.69. The number of carboxylic acids is 1. The van der Waals surface area contributed by atoms with Crippen LogP contribution in [0.5, 0.6) is 0 Å². The highest BCUT2D eigenvalue weighted by Gasteiger charge is 2.32. The van der Waals surface area contributed by atoms with E-state index in [1.165, 1.54) is 20.8 Å². The number of carboxylic acid groups (broad SMARTS) is 1. The van der Waals surface area contributed by atoms with E-state index in [-0.39, 0.29) is 21.7 Å². The van der Waals surface area contributed by atoms with E-state index in [0.29, 0.717) is 0 Å². The second-order valence-electron chi connectivity index (χ2n) is 4.70. The smallest absolute Gasteiger partial charge is 0.321 e. The molecule has 0 aliphatic heterocycles. The number of nitro benzene ring substituents is 1. The molecule has 0 radical (unpaired) electrons. The van der Waals surface area contributed by atoms with Crippen LogP contribution in [0.1, 0.15) is 18.1 Å². The summed E-state index contributed by atoms with van der Waals surface area (Å²) in [7, 11) is -2.90. The van der Waals surface area contributed by atoms with Gasteiger partial charge < -0.3 is 5.11 Å². The summed E-state index contributed by atoms with van der Waals surface area (Å²) < 4.78 is 25.7. The fraction of sp³-hybridized carbons (Fsp3) is 0.417. The Bertz CT molecular complexity index is 675. The first-order valence-corrected chi connectivity index (χ1v) is 7.40. The maximum absolute atomic E-state index is 12.5. The molecule has 0 saturated carbocycles. The zero-order chi connectivity index (χ0) is 16.5. The number of sulfonamides is 1. The number of aliphatic carboxylic acids is 1. The van der Waals surface area contributed by atoms with Gasteiger partial charge in [0.25, 0.3) is 5.69 Å². The molecule has 0 bridgehead atoms. The average Bonchev–Trinajstić information content (AvgIpc) is 2.35. The molecule has 0 aromatic heterocycles. The van der Waals surface area contributed by atoms with Gasteiger partial charge in [-0.1, -0.05) is 0 Å². The first-order chi connectivity index (χ1) is 9.50. The molecule has 1 rings (SSSR count). The number of nitro groups is 1. The molecule has 116 valence electrons. The van der Waals surface area contributed by atoms with Crippen molar-refractivity contribution >= 4 is 21.7 Å². The number of rotatable bonds is 5. The number of non-ortho nitro benzene ring substituents is 1. The minimum atomic E-state index is -4.06. The van der Waals surface area contributed by atoms with Crippen molar-refractivity contribution in [1.29, 1.82) is 0 Å². The first-order valence-electron chi connectivity index (χ1n) is 5.96. The summed E-state index contributed by atoms with van der Waals surface area (Å²) >= 11 is 0. The van der Waals surface area contributed by atoms with Crippen molar-refractivity contribution in [3.63, 3.8) is 0 Å². The fourth-order valence-electron chi connectivity index (χ4n) is 1.95. The van der Waals surface area contributed by atoms with Crippen LogP contribution in [0.25, 0.3) is 0 Å². The average molecular weight is 316 g/mol. The van der Waals surface area contributed by atoms with Crippen molar-refractivity contribution in [1.82, 2.24) is 4.31 Å². The van der Waals surface area contributed by atoms with Gasteiger partial charge in [0.15, 0.2) is 0 Å². The summed E-state index contributed by atoms with van der Waals surface area (Å²) in [6.07, 6.45) is 0. The van der Waals surface area contributed by atoms with Crippen molar-refractivity contribution in [3.05, 3.63) is 33.4 Å². The molecule has 1 unspecified atom stereocenters. The summed E-state index contributed by atoms with van der Waals surface area (Å²) in [6.45, 7) is 4.12. The van der Waals surface area contributed by atoms with Crippen LogP contribution < -0.4 is 0 Å². The Morgan fingerprint density at radius 2 is 1.76 bits per heavy atom. The normalized spacial score (nSPS) is 13.2. The van der Waals surface area contributed by atoms with Gasteiger partial charge in [0.2, 0.25) is 10.0 Å². The van der Waals surface area contributed by atoms with Gasteiger partial charge >= 0.3 is 5.97 Å². The Labute approximate surface area is 122 Å². The number of hydrogen-bond donors (Lipinski definition) is 1. The third-order valence-corrected chi connectivity index (χ3v) is 5.43. The lowest BCUT2D eigenvalue weighted by molar-refractivity contribution is -0.385. The molecular formula is C12H16N2O6S. The third-order valence-electron chi connectivity index (χ3n) is 3.20. The third kappa shape index (κ3) is 3.19. The van der Waals surface area contributed by atoms with E-state index in [0.717, 1.165) is 23.5 Å². The number of likely N-dealkylation sites (N-methyl/N-ethyl adjacent to an activating group) is 1. The predicted molar refractivity (Wildman–Crippen MR) is 74.6 cm³/mol. The Morgan fingerprint density at radius 1 is 1.33 bits per heavy atom. The first kappa shape index (κ1) is 17.1. The highest BCUT2D eigenvalue weighted by atomic mass is 32.2. The molecule has 9 heteroatoms. The van der Waals surface area contributed by atoms with Gasteiger partial charge in [-0.25, -0.2) is 8.42 Å². The quantitative estimate of drug-likeness (QED) is 0.646. The number of hydrogen-bond acceptors (Lipinski definition) is 5. The van der Waals surface area contributed by atoms with E-state index in [1.54, 1.807) is 0 Å². The molecular weight excluding hydrogens is 300 g/mol. The number of carbonyl (C=O) groups is 1. The van der Waals surface area contributed by atoms with Crippen molar-refractivity contribution < 1.29 is 23.2 Å². The molecule has 1 N–H and O–H groups in total. The highest BCUT2D eigenvalue weighted by molar-refractivity contribution is 7.89. The molecule has 0 aliphatic rings. The van der Waals surface area contributed by atoms with E-state index in [2.05, 4.69) is 0 Å². The van der Waals surface area contributed by atoms with Gasteiger partial charge in [-0.2, -0.15) is 4.31 Å². The van der Waals surface area contributed by atoms with Crippen molar-refractivity contribution in [2.24, 2.45) is 0 Å². The second-order valence-corrected chi connectivity index (χ2v) is 6.64. The topological polar surface area (TPSA) is 118 Å². The van der Waals surface area contributed by atoms with E-state index in [1.807, 2.05) is 0 Å². The molecule has 1 aromatic carbocycles. The molecule has 0 amide bonds. The zero-order valence-electron chi connectivity index (χ0n) is 12.0. The van der Waals surface area contributed by atoms with Crippen molar-refractivity contribution in [2.45, 2.75) is 31.7 Å². The lowest BCUT2D eigenvalue weighted by Crippen LogP contribution is -2.40. The number of nitrogens with zero attached hydrogens (tertiary/aromatic N) is 2. The van der Waals surface area contributed by atoms with Crippen LogP contribution in [0.3, 0.4) is 0 Å². The fourth-order valence-corrected chi connectivity index (χ4v) is 3.67. The largest absolute Gasteiger partial charge is 0.480 e. The molecule has 0 fully saturated rings. The predicted octanol–water partition coefficient (Wildman–Crippen LogP) is 1.31. The van der Waals surface area contributed by atoms with Crippen molar-refractivity contribution in [3.8, 4) is 0 Å². The van der Waals surface area contributed by atoms with Crippen LogP contribution in [0.4, 0.5) is 5.69 Å². The van der Waals surface area contributed by atoms with Crippen LogP contribution in [0.15, 0.2) is 17.0 Å². The van der Waals surface area contributed by atoms with Gasteiger partial charge in [0, 0.05) is 19.2 Å². The summed E-state index contributed by atoms with van der Waals surface area (Å²) in [5, 5.41) is 19.7. The van der Waals surface area contributed by atoms with Crippen LogP contribution in [0, 0.1) is 24.0 Å². The van der Waals surface area contributed by atoms with E-state index >= 15 is 0 Å². The molecule has 1 aromatic rings. The maximum atomic E-state index is 12.5. The Morgan fingerprint density at radius 3 is 2.10 bits per heavy atom. The standard InChI is InChI=1S/C12H16N2O6S/c1-7-5-10(14(17)18)6-8(2)11(7)21(19,20)13(4)9(3)12(15)16/h5-6,9H,1-4H3,(H,15,16). The molecule has 0 aliphatic carbocycles. The number of aryl methyl sites for hydroxylation is 2. The summed E-state index contributed by atoms with van der Waals surface area (Å²) in [5.74, 6) is -1.28. The van der Waals surface area contributed by atoms with Crippen molar-refractivity contribution in [2.75, 3.05) is 7.05 Å². The van der Waals surface area contributed by atoms with Crippen LogP contribution in [-0.4, -0.2) is 41.8 Å². The summed E-state index contributed by atoms with van der Waals surface area (Å²) in [6, 6.07) is 1.06. The van der Waals surface area contributed by atoms with Crippen LogP contribution >= 0.6 is 0 Å². The molecule has 1 atom stereocenters. The van der Waals surface area contributed by atoms with Gasteiger partial charge in [0.1, 0.15) is 6.04 Å². The summed E-state index contributed by atoms with van der Waals surface area (Å²) in [5.41, 5.74) is 0.190. The SMILES string of the molecule is Cc1cc([N+](=O)[O-])cc(C)c1S(=O)(=O)N(C)C(C)C(=O)O. The Hall–Kier alpha value is -2.00. The van der Waals surface area contributed by atoms with E-state index in [9.17, 15) is 23.3 Å². The van der Waals surface area contributed by atoms with Gasteiger partial charge in [-0.3, -0.25) is 14.9 Å². The summed E-state index contributed by atoms with van der Waals surface area (Å²) in [4.78, 5) is 21.0. The zero-order valence-corrected chi connectivity index (χ0v) is 12.8. The lowest BCUT2D eigenvalue weighted by atomic mass is 10.1. The van der Waals surface area contributed by atoms with Gasteiger partial charge in [-0.15, -0.1) is 0 Å². The lowest BCUT2D eigenvalue weighted by Gasteiger charge is -2.23. The van der Waals surface area contributed by atoms with E-state index < -0.39 is 27.0 Å². The number of benzene rings is 1. The minimum absolute atomic E-state index is 0.108. The van der Waals surface area contributed by atoms with E-state index in [4.69, 9.17) is 5.11 Å². The Balaban J connectivity index is 3.46. The van der Waals surface area contributed by atoms with Crippen LogP contribution in [0.2, 0.25) is 0 Å². The highest BCUT2D eigenvalue weighted by Crippen LogP contribution is 2.28. The van der Waals surface area contributed by atoms with Gasteiger partial charge in [0.05, 0.1) is 9.82 Å². The van der Waals surface area contributed by atoms with Gasteiger partial charge in [-0.05, 0) is 31.9 Å². The molecule has 0 saturated heterocycles. The molecule has 21 heavy (non-hydrogen) atoms. The molecule has 8 nitrogen and oxygen atoms in total. The van der Waals surface area contributed by atoms with Crippen LogP contribution in [-0.2, 0) is 14.8 Å². The minimum Gasteiger partial charge on any atom is -0.480 e. The monoisotopic (exact) mass is 316 g/mol. The maximum Gasteiger partial charge on any atom is 0.321 e. The molecule has 0 spiro atoms. The molecule has 0 heterocycles.